The van der Waals surface area contributed by atoms with Gasteiger partial charge in [0.05, 0.1) is 21.3 Å². The average Bonchev–Trinajstić information content (AvgIpc) is 2.90. The summed E-state index contributed by atoms with van der Waals surface area (Å²) in [6.07, 6.45) is 0. The second kappa shape index (κ2) is 7.01. The Morgan fingerprint density at radius 1 is 1.04 bits per heavy atom. The van der Waals surface area contributed by atoms with Gasteiger partial charge >= 0.3 is 0 Å². The number of anilines is 1. The molecular weight excluding hydrogens is 380 g/mol. The first kappa shape index (κ1) is 18.3. The van der Waals surface area contributed by atoms with Gasteiger partial charge in [0.2, 0.25) is 0 Å². The summed E-state index contributed by atoms with van der Waals surface area (Å²) in [7, 11) is 0. The smallest absolute Gasteiger partial charge is 0.258 e. The number of carbonyl (C=O) groups excluding carboxylic acids is 1. The summed E-state index contributed by atoms with van der Waals surface area (Å²) in [6.45, 7) is 5.38. The van der Waals surface area contributed by atoms with Crippen molar-refractivity contribution < 1.29 is 9.18 Å². The molecule has 9 heteroatoms. The molecule has 2 aromatic heterocycles. The minimum atomic E-state index is -0.729. The third-order valence-electron chi connectivity index (χ3n) is 3.50. The van der Waals surface area contributed by atoms with Crippen molar-refractivity contribution in [1.82, 2.24) is 19.7 Å². The van der Waals surface area contributed by atoms with Crippen molar-refractivity contribution in [2.75, 3.05) is 5.32 Å². The summed E-state index contributed by atoms with van der Waals surface area (Å²) in [5.74, 6) is 0.138. The van der Waals surface area contributed by atoms with Crippen molar-refractivity contribution in [3.8, 4) is 5.82 Å². The Bertz CT molecular complexity index is 998. The molecule has 0 radical (unpaired) electrons. The molecule has 1 N–H and O–H groups in total. The highest BCUT2D eigenvalue weighted by molar-refractivity contribution is 6.37. The van der Waals surface area contributed by atoms with Gasteiger partial charge < -0.3 is 5.32 Å². The maximum atomic E-state index is 13.7. The molecule has 0 saturated heterocycles. The van der Waals surface area contributed by atoms with Gasteiger partial charge in [0, 0.05) is 17.8 Å². The van der Waals surface area contributed by atoms with Gasteiger partial charge in [-0.3, -0.25) is 4.79 Å². The van der Waals surface area contributed by atoms with Crippen LogP contribution >= 0.6 is 23.2 Å². The summed E-state index contributed by atoms with van der Waals surface area (Å²) in [5, 5.41) is 6.92. The van der Waals surface area contributed by atoms with E-state index >= 15 is 0 Å². The molecule has 26 heavy (non-hydrogen) atoms. The molecule has 0 aliphatic rings. The van der Waals surface area contributed by atoms with E-state index in [1.807, 2.05) is 6.92 Å². The van der Waals surface area contributed by atoms with Crippen LogP contribution in [0.2, 0.25) is 10.0 Å². The predicted molar refractivity (Wildman–Crippen MR) is 97.7 cm³/mol. The van der Waals surface area contributed by atoms with Crippen molar-refractivity contribution in [1.29, 1.82) is 0 Å². The van der Waals surface area contributed by atoms with Crippen LogP contribution in [0.1, 0.15) is 27.6 Å². The number of nitrogens with zero attached hydrogens (tertiary/aromatic N) is 4. The molecule has 0 spiro atoms. The molecule has 3 rings (SSSR count). The molecule has 0 aliphatic heterocycles. The second-order valence-corrected chi connectivity index (χ2v) is 6.51. The topological polar surface area (TPSA) is 72.7 Å². The minimum absolute atomic E-state index is 0.0333. The number of aromatic nitrogens is 4. The van der Waals surface area contributed by atoms with Crippen molar-refractivity contribution in [2.45, 2.75) is 20.8 Å². The number of carbonyl (C=O) groups is 1. The van der Waals surface area contributed by atoms with Crippen LogP contribution in [0.3, 0.4) is 0 Å². The minimum Gasteiger partial charge on any atom is -0.306 e. The van der Waals surface area contributed by atoms with Crippen molar-refractivity contribution >= 4 is 34.9 Å². The zero-order valence-electron chi connectivity index (χ0n) is 14.1. The van der Waals surface area contributed by atoms with Gasteiger partial charge in [-0.05, 0) is 32.9 Å². The molecule has 1 amide bonds. The van der Waals surface area contributed by atoms with Crippen molar-refractivity contribution in [2.24, 2.45) is 0 Å². The highest BCUT2D eigenvalue weighted by Crippen LogP contribution is 2.25. The molecule has 0 fully saturated rings. The molecule has 1 aromatic carbocycles. The van der Waals surface area contributed by atoms with Crippen molar-refractivity contribution in [3.05, 3.63) is 62.9 Å². The first-order valence-corrected chi connectivity index (χ1v) is 8.35. The zero-order valence-corrected chi connectivity index (χ0v) is 15.7. The number of nitrogens with one attached hydrogen (secondary N) is 1. The summed E-state index contributed by atoms with van der Waals surface area (Å²) in [5.41, 5.74) is 1.40. The monoisotopic (exact) mass is 393 g/mol. The van der Waals surface area contributed by atoms with Gasteiger partial charge in [-0.1, -0.05) is 23.2 Å². The fraction of sp³-hybridized carbons (Fsp3) is 0.176. The first-order valence-electron chi connectivity index (χ1n) is 7.60. The van der Waals surface area contributed by atoms with Crippen LogP contribution in [0.15, 0.2) is 24.3 Å². The number of aryl methyl sites for hydroxylation is 3. The fourth-order valence-corrected chi connectivity index (χ4v) is 2.92. The molecule has 0 atom stereocenters. The SMILES string of the molecule is Cc1cc(-n2nc(C)cc2NC(=O)c2cc(F)c(Cl)cc2Cl)nc(C)n1. The largest absolute Gasteiger partial charge is 0.306 e. The van der Waals surface area contributed by atoms with E-state index in [9.17, 15) is 9.18 Å². The van der Waals surface area contributed by atoms with E-state index in [2.05, 4.69) is 20.4 Å². The van der Waals surface area contributed by atoms with E-state index in [0.29, 0.717) is 23.2 Å². The van der Waals surface area contributed by atoms with Crippen LogP contribution in [0.4, 0.5) is 10.2 Å². The third kappa shape index (κ3) is 3.68. The maximum absolute atomic E-state index is 13.7. The molecule has 3 aromatic rings. The Hall–Kier alpha value is -2.51. The van der Waals surface area contributed by atoms with Crippen LogP contribution in [0.25, 0.3) is 5.82 Å². The van der Waals surface area contributed by atoms with Gasteiger partial charge in [0.1, 0.15) is 17.5 Å². The quantitative estimate of drug-likeness (QED) is 0.673. The lowest BCUT2D eigenvalue weighted by molar-refractivity contribution is 0.102. The van der Waals surface area contributed by atoms with E-state index in [1.165, 1.54) is 10.7 Å². The average molecular weight is 394 g/mol. The standard InChI is InChI=1S/C17H14Cl2FN5O/c1-8-4-15(22-10(3)21-8)25-16(5-9(2)24-25)23-17(26)11-6-14(20)13(19)7-12(11)18/h4-7H,1-3H3,(H,23,26). The van der Waals surface area contributed by atoms with E-state index in [1.54, 1.807) is 26.0 Å². The van der Waals surface area contributed by atoms with Gasteiger partial charge in [-0.25, -0.2) is 14.4 Å². The Balaban J connectivity index is 1.99. The number of hydrogen-bond donors (Lipinski definition) is 1. The van der Waals surface area contributed by atoms with Crippen molar-refractivity contribution in [3.63, 3.8) is 0 Å². The summed E-state index contributed by atoms with van der Waals surface area (Å²) in [4.78, 5) is 21.1. The Labute approximate surface area is 159 Å². The number of amides is 1. The molecule has 6 nitrogen and oxygen atoms in total. The molecule has 0 aliphatic carbocycles. The normalized spacial score (nSPS) is 10.8. The lowest BCUT2D eigenvalue weighted by Gasteiger charge is -2.10. The predicted octanol–water partition coefficient (Wildman–Crippen LogP) is 4.29. The van der Waals surface area contributed by atoms with E-state index in [4.69, 9.17) is 23.2 Å². The van der Waals surface area contributed by atoms with E-state index < -0.39 is 11.7 Å². The molecular formula is C17H14Cl2FN5O. The number of rotatable bonds is 3. The fourth-order valence-electron chi connectivity index (χ4n) is 2.45. The van der Waals surface area contributed by atoms with Gasteiger partial charge in [0.25, 0.3) is 5.91 Å². The van der Waals surface area contributed by atoms with E-state index in [-0.39, 0.29) is 15.6 Å². The number of benzene rings is 1. The highest BCUT2D eigenvalue weighted by Gasteiger charge is 2.18. The number of hydrogen-bond acceptors (Lipinski definition) is 4. The van der Waals surface area contributed by atoms with Crippen LogP contribution in [0.5, 0.6) is 0 Å². The molecule has 0 saturated carbocycles. The molecule has 0 unspecified atom stereocenters. The Morgan fingerprint density at radius 2 is 1.77 bits per heavy atom. The van der Waals surface area contributed by atoms with Crippen LogP contribution in [-0.4, -0.2) is 25.7 Å². The van der Waals surface area contributed by atoms with Gasteiger partial charge in [-0.15, -0.1) is 0 Å². The molecule has 134 valence electrons. The summed E-state index contributed by atoms with van der Waals surface area (Å²) >= 11 is 11.7. The lowest BCUT2D eigenvalue weighted by Crippen LogP contribution is -2.16. The molecule has 2 heterocycles. The van der Waals surface area contributed by atoms with Gasteiger partial charge in [0.15, 0.2) is 5.82 Å². The van der Waals surface area contributed by atoms with E-state index in [0.717, 1.165) is 11.8 Å². The Kier molecular flexibility index (Phi) is 4.93. The lowest BCUT2D eigenvalue weighted by atomic mass is 10.2. The molecule has 0 bridgehead atoms. The summed E-state index contributed by atoms with van der Waals surface area (Å²) < 4.78 is 15.2. The maximum Gasteiger partial charge on any atom is 0.258 e. The zero-order chi connectivity index (χ0) is 19.0. The van der Waals surface area contributed by atoms with Crippen LogP contribution in [0, 0.1) is 26.6 Å². The summed E-state index contributed by atoms with van der Waals surface area (Å²) in [6, 6.07) is 5.59. The van der Waals surface area contributed by atoms with Crippen LogP contribution in [-0.2, 0) is 0 Å². The highest BCUT2D eigenvalue weighted by atomic mass is 35.5. The number of halogens is 3. The third-order valence-corrected chi connectivity index (χ3v) is 4.10. The van der Waals surface area contributed by atoms with Crippen LogP contribution < -0.4 is 5.32 Å². The van der Waals surface area contributed by atoms with Gasteiger partial charge in [-0.2, -0.15) is 9.78 Å². The first-order chi connectivity index (χ1) is 12.2. The Morgan fingerprint density at radius 3 is 2.46 bits per heavy atom. The second-order valence-electron chi connectivity index (χ2n) is 5.70.